The number of thiophene rings is 1. The van der Waals surface area contributed by atoms with E-state index in [-0.39, 0.29) is 11.6 Å². The van der Waals surface area contributed by atoms with Gasteiger partial charge in [0.25, 0.3) is 0 Å². The maximum absolute atomic E-state index is 11.3. The van der Waals surface area contributed by atoms with Crippen molar-refractivity contribution in [1.29, 1.82) is 0 Å². The number of rotatable bonds is 6. The summed E-state index contributed by atoms with van der Waals surface area (Å²) in [7, 11) is 1.57. The first-order valence-corrected chi connectivity index (χ1v) is 7.54. The standard InChI is InChI=1S/C16H19NO3S/c1-10(8-13-6-4-11(2)21-13)17-15-9-12(20-3)5-7-14(15)16(18)19/h4-7,9-10,17H,8H2,1-3H3,(H,18,19). The third kappa shape index (κ3) is 3.98. The molecule has 2 N–H and O–H groups in total. The van der Waals surface area contributed by atoms with Gasteiger partial charge in [-0.15, -0.1) is 11.3 Å². The van der Waals surface area contributed by atoms with E-state index < -0.39 is 5.97 Å². The van der Waals surface area contributed by atoms with Crippen LogP contribution in [-0.2, 0) is 6.42 Å². The molecule has 1 aromatic carbocycles. The van der Waals surface area contributed by atoms with Gasteiger partial charge in [0.15, 0.2) is 0 Å². The third-order valence-electron chi connectivity index (χ3n) is 3.16. The van der Waals surface area contributed by atoms with Crippen molar-refractivity contribution >= 4 is 23.0 Å². The van der Waals surface area contributed by atoms with Crippen LogP contribution in [0.2, 0.25) is 0 Å². The minimum Gasteiger partial charge on any atom is -0.497 e. The molecule has 0 aliphatic rings. The lowest BCUT2D eigenvalue weighted by molar-refractivity contribution is 0.0698. The molecule has 0 aliphatic carbocycles. The quantitative estimate of drug-likeness (QED) is 0.852. The molecule has 0 saturated carbocycles. The fourth-order valence-electron chi connectivity index (χ4n) is 2.17. The van der Waals surface area contributed by atoms with E-state index in [0.717, 1.165) is 6.42 Å². The first kappa shape index (κ1) is 15.4. The second-order valence-electron chi connectivity index (χ2n) is 4.98. The zero-order valence-corrected chi connectivity index (χ0v) is 13.2. The normalized spacial score (nSPS) is 12.0. The minimum absolute atomic E-state index is 0.133. The molecule has 5 heteroatoms. The van der Waals surface area contributed by atoms with Gasteiger partial charge in [0.2, 0.25) is 0 Å². The molecule has 2 aromatic rings. The SMILES string of the molecule is COc1ccc(C(=O)O)c(NC(C)Cc2ccc(C)s2)c1. The molecule has 0 bridgehead atoms. The van der Waals surface area contributed by atoms with Gasteiger partial charge >= 0.3 is 5.97 Å². The number of carboxylic acids is 1. The Kier molecular flexibility index (Phi) is 4.85. The number of benzene rings is 1. The lowest BCUT2D eigenvalue weighted by Gasteiger charge is -2.17. The predicted molar refractivity (Wildman–Crippen MR) is 85.8 cm³/mol. The highest BCUT2D eigenvalue weighted by molar-refractivity contribution is 7.11. The van der Waals surface area contributed by atoms with Crippen LogP contribution in [0, 0.1) is 6.92 Å². The van der Waals surface area contributed by atoms with Crippen LogP contribution in [0.15, 0.2) is 30.3 Å². The summed E-state index contributed by atoms with van der Waals surface area (Å²) in [4.78, 5) is 13.9. The van der Waals surface area contributed by atoms with E-state index in [4.69, 9.17) is 4.74 Å². The highest BCUT2D eigenvalue weighted by Crippen LogP contribution is 2.24. The summed E-state index contributed by atoms with van der Waals surface area (Å²) in [6.45, 7) is 4.12. The van der Waals surface area contributed by atoms with Gasteiger partial charge in [-0.1, -0.05) is 0 Å². The Hall–Kier alpha value is -2.01. The number of methoxy groups -OCH3 is 1. The van der Waals surface area contributed by atoms with Crippen molar-refractivity contribution < 1.29 is 14.6 Å². The fraction of sp³-hybridized carbons (Fsp3) is 0.312. The predicted octanol–water partition coefficient (Wildman–Crippen LogP) is 3.81. The molecule has 0 saturated heterocycles. The van der Waals surface area contributed by atoms with Gasteiger partial charge in [-0.2, -0.15) is 0 Å². The molecule has 0 amide bonds. The summed E-state index contributed by atoms with van der Waals surface area (Å²) < 4.78 is 5.16. The number of anilines is 1. The number of ether oxygens (including phenoxy) is 1. The lowest BCUT2D eigenvalue weighted by Crippen LogP contribution is -2.19. The van der Waals surface area contributed by atoms with Crippen molar-refractivity contribution in [1.82, 2.24) is 0 Å². The van der Waals surface area contributed by atoms with Crippen LogP contribution in [0.1, 0.15) is 27.0 Å². The molecule has 1 unspecified atom stereocenters. The Labute approximate surface area is 128 Å². The van der Waals surface area contributed by atoms with Crippen molar-refractivity contribution in [3.8, 4) is 5.75 Å². The van der Waals surface area contributed by atoms with Crippen molar-refractivity contribution in [3.63, 3.8) is 0 Å². The van der Waals surface area contributed by atoms with Crippen LogP contribution < -0.4 is 10.1 Å². The summed E-state index contributed by atoms with van der Waals surface area (Å²) in [6, 6.07) is 9.28. The maximum atomic E-state index is 11.3. The van der Waals surface area contributed by atoms with E-state index >= 15 is 0 Å². The number of aryl methyl sites for hydroxylation is 1. The Balaban J connectivity index is 2.15. The van der Waals surface area contributed by atoms with Gasteiger partial charge in [-0.25, -0.2) is 4.79 Å². The Morgan fingerprint density at radius 2 is 2.14 bits per heavy atom. The molecule has 4 nitrogen and oxygen atoms in total. The fourth-order valence-corrected chi connectivity index (χ4v) is 3.19. The van der Waals surface area contributed by atoms with E-state index in [1.807, 2.05) is 6.92 Å². The van der Waals surface area contributed by atoms with E-state index in [1.54, 1.807) is 36.6 Å². The lowest BCUT2D eigenvalue weighted by atomic mass is 10.1. The van der Waals surface area contributed by atoms with Gasteiger partial charge in [0.1, 0.15) is 5.75 Å². The molecule has 112 valence electrons. The van der Waals surface area contributed by atoms with Gasteiger partial charge in [-0.05, 0) is 38.1 Å². The van der Waals surface area contributed by atoms with Crippen LogP contribution in [-0.4, -0.2) is 24.2 Å². The molecule has 0 fully saturated rings. The average Bonchev–Trinajstić information content (AvgIpc) is 2.83. The third-order valence-corrected chi connectivity index (χ3v) is 4.19. The number of aromatic carboxylic acids is 1. The van der Waals surface area contributed by atoms with Crippen LogP contribution in [0.5, 0.6) is 5.75 Å². The van der Waals surface area contributed by atoms with Crippen LogP contribution in [0.25, 0.3) is 0 Å². The number of hydrogen-bond acceptors (Lipinski definition) is 4. The largest absolute Gasteiger partial charge is 0.497 e. The smallest absolute Gasteiger partial charge is 0.337 e. The molecule has 0 radical (unpaired) electrons. The first-order chi connectivity index (χ1) is 9.99. The molecular formula is C16H19NO3S. The van der Waals surface area contributed by atoms with E-state index in [1.165, 1.54) is 9.75 Å². The molecular weight excluding hydrogens is 286 g/mol. The molecule has 1 aromatic heterocycles. The molecule has 1 atom stereocenters. The summed E-state index contributed by atoms with van der Waals surface area (Å²) in [6.07, 6.45) is 0.856. The van der Waals surface area contributed by atoms with Crippen molar-refractivity contribution in [3.05, 3.63) is 45.6 Å². The Morgan fingerprint density at radius 3 is 2.71 bits per heavy atom. The zero-order valence-electron chi connectivity index (χ0n) is 12.3. The maximum Gasteiger partial charge on any atom is 0.337 e. The molecule has 21 heavy (non-hydrogen) atoms. The second-order valence-corrected chi connectivity index (χ2v) is 6.35. The number of nitrogens with one attached hydrogen (secondary N) is 1. The molecule has 0 aliphatic heterocycles. The zero-order chi connectivity index (χ0) is 15.4. The monoisotopic (exact) mass is 305 g/mol. The highest BCUT2D eigenvalue weighted by atomic mass is 32.1. The molecule has 0 spiro atoms. The summed E-state index contributed by atoms with van der Waals surface area (Å²) in [5, 5.41) is 12.5. The van der Waals surface area contributed by atoms with Crippen LogP contribution in [0.4, 0.5) is 5.69 Å². The van der Waals surface area contributed by atoms with E-state index in [0.29, 0.717) is 11.4 Å². The van der Waals surface area contributed by atoms with Crippen LogP contribution >= 0.6 is 11.3 Å². The first-order valence-electron chi connectivity index (χ1n) is 6.72. The van der Waals surface area contributed by atoms with Gasteiger partial charge < -0.3 is 15.2 Å². The van der Waals surface area contributed by atoms with E-state index in [2.05, 4.69) is 24.4 Å². The Morgan fingerprint density at radius 1 is 1.38 bits per heavy atom. The van der Waals surface area contributed by atoms with Crippen LogP contribution in [0.3, 0.4) is 0 Å². The minimum atomic E-state index is -0.945. The number of hydrogen-bond donors (Lipinski definition) is 2. The number of carbonyl (C=O) groups is 1. The van der Waals surface area contributed by atoms with Crippen molar-refractivity contribution in [2.24, 2.45) is 0 Å². The average molecular weight is 305 g/mol. The highest BCUT2D eigenvalue weighted by Gasteiger charge is 2.14. The summed E-state index contributed by atoms with van der Waals surface area (Å²) >= 11 is 1.76. The Bertz CT molecular complexity index is 636. The molecule has 2 rings (SSSR count). The van der Waals surface area contributed by atoms with Gasteiger partial charge in [-0.3, -0.25) is 0 Å². The van der Waals surface area contributed by atoms with Crippen molar-refractivity contribution in [2.45, 2.75) is 26.3 Å². The van der Waals surface area contributed by atoms with E-state index in [9.17, 15) is 9.90 Å². The van der Waals surface area contributed by atoms with Gasteiger partial charge in [0, 0.05) is 28.3 Å². The summed E-state index contributed by atoms with van der Waals surface area (Å²) in [5.41, 5.74) is 0.840. The summed E-state index contributed by atoms with van der Waals surface area (Å²) in [5.74, 6) is -0.305. The topological polar surface area (TPSA) is 58.6 Å². The number of carboxylic acid groups (broad SMARTS) is 1. The van der Waals surface area contributed by atoms with Crippen molar-refractivity contribution in [2.75, 3.05) is 12.4 Å². The van der Waals surface area contributed by atoms with Gasteiger partial charge in [0.05, 0.1) is 18.4 Å². The second kappa shape index (κ2) is 6.63. The molecule has 1 heterocycles.